The smallest absolute Gasteiger partial charge is 0.309 e. The molecule has 9 nitrogen and oxygen atoms in total. The molecule has 0 radical (unpaired) electrons. The Morgan fingerprint density at radius 1 is 1.09 bits per heavy atom. The second kappa shape index (κ2) is 11.8. The van der Waals surface area contributed by atoms with E-state index in [1.807, 2.05) is 0 Å². The Hall–Kier alpha value is -3.23. The maximum Gasteiger partial charge on any atom is 0.309 e. The van der Waals surface area contributed by atoms with E-state index in [9.17, 15) is 19.2 Å². The molecule has 3 rings (SSSR count). The van der Waals surface area contributed by atoms with E-state index in [4.69, 9.17) is 4.74 Å². The minimum Gasteiger partial charge on any atom is -0.466 e. The zero-order valence-corrected chi connectivity index (χ0v) is 20.3. The van der Waals surface area contributed by atoms with E-state index in [0.29, 0.717) is 49.9 Å². The monoisotopic (exact) mass is 470 g/mol. The zero-order chi connectivity index (χ0) is 24.7. The van der Waals surface area contributed by atoms with Gasteiger partial charge in [-0.25, -0.2) is 4.68 Å². The standard InChI is InChI=1S/C25H34N4O5/c1-4-6-9-14-29-23(31)20-11-8-7-10-19(20)22(26-29)24(32)27(3)17-21(30)28-15-12-18(13-16-28)25(33)34-5-2/h7-8,10-11,18H,4-6,9,12-17H2,1-3H3. The average molecular weight is 471 g/mol. The highest BCUT2D eigenvalue weighted by molar-refractivity contribution is 6.05. The van der Waals surface area contributed by atoms with E-state index in [2.05, 4.69) is 12.0 Å². The summed E-state index contributed by atoms with van der Waals surface area (Å²) in [6.07, 6.45) is 3.88. The molecule has 9 heteroatoms. The van der Waals surface area contributed by atoms with Crippen LogP contribution in [0.5, 0.6) is 0 Å². The number of benzene rings is 1. The molecule has 1 aromatic heterocycles. The van der Waals surface area contributed by atoms with E-state index >= 15 is 0 Å². The van der Waals surface area contributed by atoms with Crippen molar-refractivity contribution in [2.24, 2.45) is 5.92 Å². The molecule has 0 saturated carbocycles. The summed E-state index contributed by atoms with van der Waals surface area (Å²) in [6, 6.07) is 6.94. The van der Waals surface area contributed by atoms with Crippen molar-refractivity contribution in [1.29, 1.82) is 0 Å². The van der Waals surface area contributed by atoms with Crippen molar-refractivity contribution in [3.8, 4) is 0 Å². The maximum absolute atomic E-state index is 13.3. The number of hydrogen-bond acceptors (Lipinski definition) is 6. The molecule has 0 aliphatic carbocycles. The number of aromatic nitrogens is 2. The van der Waals surface area contributed by atoms with E-state index in [0.717, 1.165) is 19.3 Å². The molecular formula is C25H34N4O5. The lowest BCUT2D eigenvalue weighted by molar-refractivity contribution is -0.151. The summed E-state index contributed by atoms with van der Waals surface area (Å²) in [5, 5.41) is 5.32. The summed E-state index contributed by atoms with van der Waals surface area (Å²) in [5.41, 5.74) is -0.0468. The first-order chi connectivity index (χ1) is 16.4. The first-order valence-corrected chi connectivity index (χ1v) is 12.1. The third-order valence-electron chi connectivity index (χ3n) is 6.23. The van der Waals surface area contributed by atoms with Crippen LogP contribution in [0.15, 0.2) is 29.1 Å². The number of carbonyl (C=O) groups excluding carboxylic acids is 3. The van der Waals surface area contributed by atoms with E-state index < -0.39 is 5.91 Å². The van der Waals surface area contributed by atoms with E-state index in [-0.39, 0.29) is 35.6 Å². The van der Waals surface area contributed by atoms with Gasteiger partial charge in [0, 0.05) is 32.1 Å². The molecule has 1 saturated heterocycles. The number of aryl methyl sites for hydroxylation is 1. The lowest BCUT2D eigenvalue weighted by Crippen LogP contribution is -2.46. The molecule has 0 unspecified atom stereocenters. The number of carbonyl (C=O) groups is 3. The quantitative estimate of drug-likeness (QED) is 0.412. The van der Waals surface area contributed by atoms with Gasteiger partial charge in [0.15, 0.2) is 5.69 Å². The molecule has 1 aliphatic heterocycles. The number of likely N-dealkylation sites (tertiary alicyclic amines) is 1. The maximum atomic E-state index is 13.3. The van der Waals surface area contributed by atoms with Crippen LogP contribution in [0.4, 0.5) is 0 Å². The van der Waals surface area contributed by atoms with Crippen molar-refractivity contribution < 1.29 is 19.1 Å². The Morgan fingerprint density at radius 3 is 2.41 bits per heavy atom. The van der Waals surface area contributed by atoms with Gasteiger partial charge in [0.2, 0.25) is 5.91 Å². The second-order valence-corrected chi connectivity index (χ2v) is 8.70. The fraction of sp³-hybridized carbons (Fsp3) is 0.560. The van der Waals surface area contributed by atoms with Gasteiger partial charge in [0.05, 0.1) is 24.5 Å². The van der Waals surface area contributed by atoms with Crippen LogP contribution < -0.4 is 5.56 Å². The molecule has 0 atom stereocenters. The molecule has 1 fully saturated rings. The van der Waals surface area contributed by atoms with Crippen LogP contribution in [0.2, 0.25) is 0 Å². The highest BCUT2D eigenvalue weighted by Gasteiger charge is 2.29. The van der Waals surface area contributed by atoms with Crippen molar-refractivity contribution in [2.45, 2.75) is 52.5 Å². The lowest BCUT2D eigenvalue weighted by atomic mass is 9.97. The van der Waals surface area contributed by atoms with Gasteiger partial charge >= 0.3 is 5.97 Å². The second-order valence-electron chi connectivity index (χ2n) is 8.70. The first-order valence-electron chi connectivity index (χ1n) is 12.1. The van der Waals surface area contributed by atoms with Gasteiger partial charge < -0.3 is 14.5 Å². The predicted molar refractivity (Wildman–Crippen MR) is 128 cm³/mol. The van der Waals surface area contributed by atoms with E-state index in [1.54, 1.807) is 43.1 Å². The molecule has 2 aromatic rings. The summed E-state index contributed by atoms with van der Waals surface area (Å²) in [5.74, 6) is -0.990. The molecule has 184 valence electrons. The number of amides is 2. The van der Waals surface area contributed by atoms with Crippen molar-refractivity contribution in [3.63, 3.8) is 0 Å². The van der Waals surface area contributed by atoms with Crippen LogP contribution in [0.25, 0.3) is 10.8 Å². The minimum absolute atomic E-state index is 0.103. The molecule has 1 aromatic carbocycles. The molecule has 1 aliphatic rings. The third-order valence-corrected chi connectivity index (χ3v) is 6.23. The number of unbranched alkanes of at least 4 members (excludes halogenated alkanes) is 2. The van der Waals surface area contributed by atoms with Crippen LogP contribution in [0.1, 0.15) is 56.4 Å². The minimum atomic E-state index is -0.407. The number of piperidine rings is 1. The highest BCUT2D eigenvalue weighted by Crippen LogP contribution is 2.20. The lowest BCUT2D eigenvalue weighted by Gasteiger charge is -2.32. The Kier molecular flexibility index (Phi) is 8.79. The normalized spacial score (nSPS) is 14.3. The fourth-order valence-corrected chi connectivity index (χ4v) is 4.24. The number of fused-ring (bicyclic) bond motifs is 1. The number of nitrogens with zero attached hydrogens (tertiary/aromatic N) is 4. The summed E-state index contributed by atoms with van der Waals surface area (Å²) in [6.45, 7) is 5.44. The predicted octanol–water partition coefficient (Wildman–Crippen LogP) is 2.46. The Bertz CT molecular complexity index is 1090. The van der Waals surface area contributed by atoms with Crippen LogP contribution in [0.3, 0.4) is 0 Å². The summed E-state index contributed by atoms with van der Waals surface area (Å²) in [7, 11) is 1.56. The largest absolute Gasteiger partial charge is 0.466 e. The summed E-state index contributed by atoms with van der Waals surface area (Å²) >= 11 is 0. The molecule has 0 spiro atoms. The molecule has 34 heavy (non-hydrogen) atoms. The zero-order valence-electron chi connectivity index (χ0n) is 20.3. The molecule has 2 amide bonds. The first kappa shape index (κ1) is 25.4. The van der Waals surface area contributed by atoms with Gasteiger partial charge in [-0.3, -0.25) is 19.2 Å². The van der Waals surface area contributed by atoms with Crippen molar-refractivity contribution in [3.05, 3.63) is 40.3 Å². The van der Waals surface area contributed by atoms with Crippen molar-refractivity contribution in [2.75, 3.05) is 33.3 Å². The van der Waals surface area contributed by atoms with Crippen LogP contribution in [0, 0.1) is 5.92 Å². The van der Waals surface area contributed by atoms with Gasteiger partial charge in [-0.1, -0.05) is 38.0 Å². The average Bonchev–Trinajstić information content (AvgIpc) is 2.85. The SMILES string of the molecule is CCCCCn1nc(C(=O)N(C)CC(=O)N2CCC(C(=O)OCC)CC2)c2ccccc2c1=O. The van der Waals surface area contributed by atoms with Crippen LogP contribution in [-0.2, 0) is 20.9 Å². The van der Waals surface area contributed by atoms with Crippen LogP contribution in [-0.4, -0.2) is 70.7 Å². The fourth-order valence-electron chi connectivity index (χ4n) is 4.24. The topological polar surface area (TPSA) is 102 Å². The number of rotatable bonds is 9. The van der Waals surface area contributed by atoms with Crippen molar-refractivity contribution >= 4 is 28.6 Å². The highest BCUT2D eigenvalue weighted by atomic mass is 16.5. The third kappa shape index (κ3) is 5.81. The number of hydrogen-bond donors (Lipinski definition) is 0. The Labute approximate surface area is 199 Å². The number of ether oxygens (including phenoxy) is 1. The Balaban J connectivity index is 1.72. The van der Waals surface area contributed by atoms with Gasteiger partial charge in [0.25, 0.3) is 11.5 Å². The molecule has 0 bridgehead atoms. The van der Waals surface area contributed by atoms with Gasteiger partial charge in [-0.05, 0) is 32.3 Å². The number of likely N-dealkylation sites (N-methyl/N-ethyl adjacent to an activating group) is 1. The summed E-state index contributed by atoms with van der Waals surface area (Å²) in [4.78, 5) is 53.9. The van der Waals surface area contributed by atoms with Crippen molar-refractivity contribution in [1.82, 2.24) is 19.6 Å². The number of esters is 1. The van der Waals surface area contributed by atoms with Gasteiger partial charge in [0.1, 0.15) is 0 Å². The van der Waals surface area contributed by atoms with E-state index in [1.165, 1.54) is 9.58 Å². The van der Waals surface area contributed by atoms with Gasteiger partial charge in [-0.2, -0.15) is 5.10 Å². The molecular weight excluding hydrogens is 436 g/mol. The van der Waals surface area contributed by atoms with Crippen LogP contribution >= 0.6 is 0 Å². The van der Waals surface area contributed by atoms with Gasteiger partial charge in [-0.15, -0.1) is 0 Å². The Morgan fingerprint density at radius 2 is 1.76 bits per heavy atom. The molecule has 2 heterocycles. The molecule has 0 N–H and O–H groups in total. The summed E-state index contributed by atoms with van der Waals surface area (Å²) < 4.78 is 6.44.